The van der Waals surface area contributed by atoms with Gasteiger partial charge in [0.25, 0.3) is 5.91 Å². The third kappa shape index (κ3) is 5.99. The largest absolute Gasteiger partial charge is 0.497 e. The Morgan fingerprint density at radius 2 is 1.65 bits per heavy atom. The van der Waals surface area contributed by atoms with Crippen molar-refractivity contribution in [2.45, 2.75) is 5.75 Å². The van der Waals surface area contributed by atoms with Gasteiger partial charge in [0.1, 0.15) is 11.5 Å². The summed E-state index contributed by atoms with van der Waals surface area (Å²) in [7, 11) is -0.726. The molecule has 3 rings (SSSR count). The lowest BCUT2D eigenvalue weighted by Crippen LogP contribution is -2.19. The molecule has 0 atom stereocenters. The first-order chi connectivity index (χ1) is 14.8. The van der Waals surface area contributed by atoms with E-state index < -0.39 is 15.9 Å². The molecule has 3 aromatic rings. The van der Waals surface area contributed by atoms with E-state index in [2.05, 4.69) is 26.0 Å². The van der Waals surface area contributed by atoms with Crippen LogP contribution < -0.4 is 19.5 Å². The van der Waals surface area contributed by atoms with Crippen LogP contribution >= 0.6 is 15.9 Å². The number of para-hydroxylation sites is 1. The smallest absolute Gasteiger partial charge is 0.257 e. The summed E-state index contributed by atoms with van der Waals surface area (Å²) in [5.74, 6) is 0.296. The molecule has 1 amide bonds. The minimum absolute atomic E-state index is 0.180. The van der Waals surface area contributed by atoms with Crippen LogP contribution in [0, 0.1) is 0 Å². The predicted molar refractivity (Wildman–Crippen MR) is 124 cm³/mol. The number of nitrogens with one attached hydrogen (secondary N) is 2. The molecule has 0 fully saturated rings. The van der Waals surface area contributed by atoms with Gasteiger partial charge in [0.15, 0.2) is 0 Å². The highest BCUT2D eigenvalue weighted by molar-refractivity contribution is 9.10. The van der Waals surface area contributed by atoms with Crippen LogP contribution in [0.2, 0.25) is 0 Å². The Labute approximate surface area is 189 Å². The van der Waals surface area contributed by atoms with Crippen LogP contribution in [-0.2, 0) is 15.8 Å². The first kappa shape index (κ1) is 22.6. The summed E-state index contributed by atoms with van der Waals surface area (Å²) in [5, 5.41) is 2.75. The number of carbonyl (C=O) groups excluding carboxylic acids is 1. The summed E-state index contributed by atoms with van der Waals surface area (Å²) in [6.45, 7) is 0. The van der Waals surface area contributed by atoms with Gasteiger partial charge in [-0.25, -0.2) is 8.42 Å². The van der Waals surface area contributed by atoms with E-state index in [-0.39, 0.29) is 17.0 Å². The molecule has 162 valence electrons. The number of sulfonamides is 1. The number of hydrogen-bond acceptors (Lipinski definition) is 5. The monoisotopic (exact) mass is 504 g/mol. The van der Waals surface area contributed by atoms with Crippen LogP contribution in [0.1, 0.15) is 15.9 Å². The van der Waals surface area contributed by atoms with Gasteiger partial charge in [-0.3, -0.25) is 9.52 Å². The Kier molecular flexibility index (Phi) is 7.19. The molecule has 0 aliphatic heterocycles. The van der Waals surface area contributed by atoms with Gasteiger partial charge in [-0.15, -0.1) is 0 Å². The molecular weight excluding hydrogens is 484 g/mol. The zero-order valence-electron chi connectivity index (χ0n) is 16.9. The molecule has 2 N–H and O–H groups in total. The Bertz CT molecular complexity index is 1180. The van der Waals surface area contributed by atoms with Crippen LogP contribution in [-0.4, -0.2) is 28.5 Å². The number of anilines is 2. The second-order valence-corrected chi connectivity index (χ2v) is 9.19. The topological polar surface area (TPSA) is 93.7 Å². The van der Waals surface area contributed by atoms with Crippen LogP contribution in [0.25, 0.3) is 0 Å². The number of carbonyl (C=O) groups is 1. The molecule has 31 heavy (non-hydrogen) atoms. The van der Waals surface area contributed by atoms with Crippen molar-refractivity contribution >= 4 is 43.2 Å². The molecule has 3 aromatic carbocycles. The van der Waals surface area contributed by atoms with Crippen molar-refractivity contribution in [3.8, 4) is 11.5 Å². The molecule has 0 bridgehead atoms. The Balaban J connectivity index is 1.81. The molecule has 0 radical (unpaired) electrons. The van der Waals surface area contributed by atoms with Crippen molar-refractivity contribution in [3.05, 3.63) is 82.3 Å². The van der Waals surface area contributed by atoms with Crippen LogP contribution in [0.15, 0.2) is 71.2 Å². The molecule has 0 unspecified atom stereocenters. The molecule has 9 heteroatoms. The van der Waals surface area contributed by atoms with Crippen molar-refractivity contribution in [1.29, 1.82) is 0 Å². The second-order valence-electron chi connectivity index (χ2n) is 6.55. The quantitative estimate of drug-likeness (QED) is 0.465. The summed E-state index contributed by atoms with van der Waals surface area (Å²) >= 11 is 3.32. The van der Waals surface area contributed by atoms with E-state index in [1.807, 2.05) is 0 Å². The van der Waals surface area contributed by atoms with E-state index in [0.717, 1.165) is 4.47 Å². The van der Waals surface area contributed by atoms with Gasteiger partial charge in [-0.05, 0) is 42.0 Å². The predicted octanol–water partition coefficient (Wildman–Crippen LogP) is 4.66. The number of methoxy groups -OCH3 is 2. The number of amides is 1. The van der Waals surface area contributed by atoms with E-state index in [9.17, 15) is 13.2 Å². The normalized spacial score (nSPS) is 10.9. The zero-order chi connectivity index (χ0) is 22.4. The Morgan fingerprint density at radius 3 is 2.32 bits per heavy atom. The maximum absolute atomic E-state index is 12.9. The minimum atomic E-state index is -3.74. The first-order valence-corrected chi connectivity index (χ1v) is 11.6. The third-order valence-electron chi connectivity index (χ3n) is 4.36. The maximum Gasteiger partial charge on any atom is 0.257 e. The standard InChI is InChI=1S/C22H21BrN2O5S/c1-29-17-11-12-20(21(13-17)30-2)24-22(26)18-5-3-4-6-19(18)25-31(27,28)14-15-7-9-16(23)10-8-15/h3-13,25H,14H2,1-2H3,(H,24,26). The van der Waals surface area contributed by atoms with Gasteiger partial charge < -0.3 is 14.8 Å². The number of ether oxygens (including phenoxy) is 2. The highest BCUT2D eigenvalue weighted by atomic mass is 79.9. The summed E-state index contributed by atoms with van der Waals surface area (Å²) in [4.78, 5) is 12.9. The van der Waals surface area contributed by atoms with E-state index in [4.69, 9.17) is 9.47 Å². The molecule has 0 aromatic heterocycles. The minimum Gasteiger partial charge on any atom is -0.497 e. The molecule has 7 nitrogen and oxygen atoms in total. The lowest BCUT2D eigenvalue weighted by molar-refractivity contribution is 0.102. The van der Waals surface area contributed by atoms with E-state index in [1.54, 1.807) is 66.7 Å². The van der Waals surface area contributed by atoms with E-state index >= 15 is 0 Å². The molecule has 0 aliphatic rings. The summed E-state index contributed by atoms with van der Waals surface area (Å²) in [6.07, 6.45) is 0. The van der Waals surface area contributed by atoms with Crippen LogP contribution in [0.5, 0.6) is 11.5 Å². The van der Waals surface area contributed by atoms with Crippen molar-refractivity contribution < 1.29 is 22.7 Å². The number of benzene rings is 3. The van der Waals surface area contributed by atoms with Crippen LogP contribution in [0.4, 0.5) is 11.4 Å². The van der Waals surface area contributed by atoms with Gasteiger partial charge in [-0.2, -0.15) is 0 Å². The highest BCUT2D eigenvalue weighted by Crippen LogP contribution is 2.30. The molecule has 0 aliphatic carbocycles. The maximum atomic E-state index is 12.9. The fraction of sp³-hybridized carbons (Fsp3) is 0.136. The lowest BCUT2D eigenvalue weighted by Gasteiger charge is -2.15. The molecule has 0 saturated carbocycles. The molecule has 0 heterocycles. The second kappa shape index (κ2) is 9.84. The van der Waals surface area contributed by atoms with E-state index in [1.165, 1.54) is 14.2 Å². The van der Waals surface area contributed by atoms with E-state index in [0.29, 0.717) is 22.7 Å². The fourth-order valence-corrected chi connectivity index (χ4v) is 4.35. The summed E-state index contributed by atoms with van der Waals surface area (Å²) in [5.41, 5.74) is 1.42. The number of rotatable bonds is 8. The average Bonchev–Trinajstić information content (AvgIpc) is 2.75. The van der Waals surface area contributed by atoms with Gasteiger partial charge in [0.2, 0.25) is 10.0 Å². The zero-order valence-corrected chi connectivity index (χ0v) is 19.3. The van der Waals surface area contributed by atoms with Crippen molar-refractivity contribution in [3.63, 3.8) is 0 Å². The van der Waals surface area contributed by atoms with Gasteiger partial charge in [-0.1, -0.05) is 40.2 Å². The number of halogens is 1. The Hall–Kier alpha value is -3.04. The Morgan fingerprint density at radius 1 is 0.935 bits per heavy atom. The third-order valence-corrected chi connectivity index (χ3v) is 6.14. The first-order valence-electron chi connectivity index (χ1n) is 9.18. The van der Waals surface area contributed by atoms with Gasteiger partial charge in [0, 0.05) is 10.5 Å². The highest BCUT2D eigenvalue weighted by Gasteiger charge is 2.18. The fourth-order valence-electron chi connectivity index (χ4n) is 2.87. The SMILES string of the molecule is COc1ccc(NC(=O)c2ccccc2NS(=O)(=O)Cc2ccc(Br)cc2)c(OC)c1. The molecule has 0 spiro atoms. The van der Waals surface area contributed by atoms with Crippen molar-refractivity contribution in [1.82, 2.24) is 0 Å². The lowest BCUT2D eigenvalue weighted by atomic mass is 10.1. The molecule has 0 saturated heterocycles. The summed E-state index contributed by atoms with van der Waals surface area (Å²) < 4.78 is 39.2. The van der Waals surface area contributed by atoms with Crippen LogP contribution in [0.3, 0.4) is 0 Å². The van der Waals surface area contributed by atoms with Gasteiger partial charge in [0.05, 0.1) is 36.9 Å². The van der Waals surface area contributed by atoms with Crippen molar-refractivity contribution in [2.24, 2.45) is 0 Å². The average molecular weight is 505 g/mol. The van der Waals surface area contributed by atoms with Crippen molar-refractivity contribution in [2.75, 3.05) is 24.3 Å². The molecular formula is C22H21BrN2O5S. The summed E-state index contributed by atoms with van der Waals surface area (Å²) in [6, 6.07) is 18.4. The number of hydrogen-bond donors (Lipinski definition) is 2. The van der Waals surface area contributed by atoms with Gasteiger partial charge >= 0.3 is 0 Å².